The zero-order valence-electron chi connectivity index (χ0n) is 7.02. The molecule has 0 amide bonds. The van der Waals surface area contributed by atoms with Gasteiger partial charge >= 0.3 is 0 Å². The molecule has 0 spiro atoms. The van der Waals surface area contributed by atoms with E-state index >= 15 is 0 Å². The van der Waals surface area contributed by atoms with Gasteiger partial charge in [-0.05, 0) is 13.8 Å². The molecule has 2 rings (SSSR count). The summed E-state index contributed by atoms with van der Waals surface area (Å²) in [7, 11) is 0. The van der Waals surface area contributed by atoms with Crippen molar-refractivity contribution in [1.82, 2.24) is 10.3 Å². The van der Waals surface area contributed by atoms with E-state index in [2.05, 4.69) is 19.4 Å². The summed E-state index contributed by atoms with van der Waals surface area (Å²) < 4.78 is 9.05. The number of hydrogen-bond donors (Lipinski definition) is 0. The quantitative estimate of drug-likeness (QED) is 0.600. The summed E-state index contributed by atoms with van der Waals surface area (Å²) in [6.07, 6.45) is 4.88. The van der Waals surface area contributed by atoms with E-state index < -0.39 is 0 Å². The molecule has 0 aliphatic heterocycles. The molecular weight excluding hydrogens is 156 g/mol. The smallest absolute Gasteiger partial charge is 0.133 e. The van der Waals surface area contributed by atoms with Crippen molar-refractivity contribution < 1.29 is 9.05 Å². The molecule has 0 fully saturated rings. The fraction of sp³-hybridized carbons (Fsp3) is 0.250. The fourth-order valence-electron chi connectivity index (χ4n) is 0.537. The third-order valence-electron chi connectivity index (χ3n) is 1.12. The summed E-state index contributed by atoms with van der Waals surface area (Å²) in [5, 5.41) is 6.89. The highest BCUT2D eigenvalue weighted by Crippen LogP contribution is 1.89. The Bertz CT molecular complexity index is 254. The summed E-state index contributed by atoms with van der Waals surface area (Å²) in [6.45, 7) is 3.78. The molecule has 0 saturated carbocycles. The van der Waals surface area contributed by atoms with Gasteiger partial charge in [0.2, 0.25) is 0 Å². The van der Waals surface area contributed by atoms with Crippen molar-refractivity contribution in [2.75, 3.05) is 0 Å². The van der Waals surface area contributed by atoms with Crippen LogP contribution in [0.3, 0.4) is 0 Å². The van der Waals surface area contributed by atoms with Gasteiger partial charge in [0, 0.05) is 11.6 Å². The highest BCUT2D eigenvalue weighted by Gasteiger charge is 1.78. The maximum Gasteiger partial charge on any atom is 0.133 e. The fourth-order valence-corrected chi connectivity index (χ4v) is 0.537. The molecule has 2 heterocycles. The van der Waals surface area contributed by atoms with Crippen molar-refractivity contribution in [1.29, 1.82) is 0 Å². The lowest BCUT2D eigenvalue weighted by molar-refractivity contribution is 0.397. The Labute approximate surface area is 70.2 Å². The maximum atomic E-state index is 4.58. The van der Waals surface area contributed by atoms with Gasteiger partial charge in [0.15, 0.2) is 0 Å². The van der Waals surface area contributed by atoms with Crippen LogP contribution in [-0.2, 0) is 0 Å². The predicted molar refractivity (Wildman–Crippen MR) is 42.5 cm³/mol. The molecule has 12 heavy (non-hydrogen) atoms. The van der Waals surface area contributed by atoms with E-state index in [-0.39, 0.29) is 0 Å². The van der Waals surface area contributed by atoms with E-state index in [4.69, 9.17) is 0 Å². The molecule has 0 aliphatic carbocycles. The Morgan fingerprint density at radius 2 is 2.08 bits per heavy atom. The Balaban J connectivity index is 0.000000120. The van der Waals surface area contributed by atoms with Crippen LogP contribution < -0.4 is 0 Å². The number of aryl methyl sites for hydroxylation is 2. The molecule has 0 bridgehead atoms. The van der Waals surface area contributed by atoms with Crippen LogP contribution in [-0.4, -0.2) is 10.3 Å². The van der Waals surface area contributed by atoms with Crippen molar-refractivity contribution in [3.8, 4) is 0 Å². The molecule has 0 aromatic carbocycles. The van der Waals surface area contributed by atoms with Crippen LogP contribution in [0.5, 0.6) is 0 Å². The van der Waals surface area contributed by atoms with Gasteiger partial charge in [-0.25, -0.2) is 0 Å². The van der Waals surface area contributed by atoms with Crippen molar-refractivity contribution in [3.05, 3.63) is 36.0 Å². The van der Waals surface area contributed by atoms with Crippen molar-refractivity contribution in [2.24, 2.45) is 0 Å². The third kappa shape index (κ3) is 3.01. The predicted octanol–water partition coefficient (Wildman–Crippen LogP) is 1.97. The van der Waals surface area contributed by atoms with E-state index in [1.165, 1.54) is 0 Å². The first kappa shape index (κ1) is 8.52. The third-order valence-corrected chi connectivity index (χ3v) is 1.12. The zero-order valence-corrected chi connectivity index (χ0v) is 7.02. The molecule has 0 aliphatic rings. The van der Waals surface area contributed by atoms with Gasteiger partial charge in [0.1, 0.15) is 12.0 Å². The highest BCUT2D eigenvalue weighted by molar-refractivity contribution is 4.94. The molecule has 0 radical (unpaired) electrons. The summed E-state index contributed by atoms with van der Waals surface area (Å²) in [5.41, 5.74) is 1.06. The Hall–Kier alpha value is -1.58. The van der Waals surface area contributed by atoms with Gasteiger partial charge in [-0.3, -0.25) is 0 Å². The van der Waals surface area contributed by atoms with Crippen LogP contribution in [0, 0.1) is 13.8 Å². The highest BCUT2D eigenvalue weighted by atomic mass is 16.5. The normalized spacial score (nSPS) is 8.83. The first-order valence-electron chi connectivity index (χ1n) is 3.52. The van der Waals surface area contributed by atoms with Crippen LogP contribution in [0.2, 0.25) is 0 Å². The molecule has 0 unspecified atom stereocenters. The summed E-state index contributed by atoms with van der Waals surface area (Å²) in [4.78, 5) is 0. The molecule has 0 saturated heterocycles. The average Bonchev–Trinajstić information content (AvgIpc) is 2.63. The van der Waals surface area contributed by atoms with Gasteiger partial charge in [-0.15, -0.1) is 0 Å². The summed E-state index contributed by atoms with van der Waals surface area (Å²) in [6, 6.07) is 1.81. The van der Waals surface area contributed by atoms with Gasteiger partial charge in [0.05, 0.1) is 12.4 Å². The SMILES string of the molecule is Cc1ccno1.Cc1cnoc1. The summed E-state index contributed by atoms with van der Waals surface area (Å²) in [5.74, 6) is 0.856. The van der Waals surface area contributed by atoms with Crippen LogP contribution >= 0.6 is 0 Å². The van der Waals surface area contributed by atoms with Crippen LogP contribution in [0.4, 0.5) is 0 Å². The lowest BCUT2D eigenvalue weighted by Gasteiger charge is -1.65. The van der Waals surface area contributed by atoms with Crippen LogP contribution in [0.15, 0.2) is 33.8 Å². The second kappa shape index (κ2) is 4.33. The van der Waals surface area contributed by atoms with Crippen molar-refractivity contribution in [3.63, 3.8) is 0 Å². The van der Waals surface area contributed by atoms with E-state index in [1.54, 1.807) is 24.7 Å². The Kier molecular flexibility index (Phi) is 3.07. The molecule has 0 N–H and O–H groups in total. The van der Waals surface area contributed by atoms with Gasteiger partial charge < -0.3 is 9.05 Å². The molecule has 2 aromatic rings. The summed E-state index contributed by atoms with van der Waals surface area (Å²) >= 11 is 0. The van der Waals surface area contributed by atoms with Crippen LogP contribution in [0.1, 0.15) is 11.3 Å². The van der Waals surface area contributed by atoms with E-state index in [0.29, 0.717) is 0 Å². The molecule has 4 nitrogen and oxygen atoms in total. The van der Waals surface area contributed by atoms with Crippen molar-refractivity contribution >= 4 is 0 Å². The van der Waals surface area contributed by atoms with Gasteiger partial charge in [-0.2, -0.15) is 0 Å². The lowest BCUT2D eigenvalue weighted by atomic mass is 10.4. The average molecular weight is 166 g/mol. The Morgan fingerprint density at radius 3 is 2.25 bits per heavy atom. The molecule has 64 valence electrons. The number of rotatable bonds is 0. The van der Waals surface area contributed by atoms with E-state index in [9.17, 15) is 0 Å². The maximum absolute atomic E-state index is 4.58. The minimum atomic E-state index is 0.856. The standard InChI is InChI=1S/2C4H5NO/c1-4-2-5-6-3-4;1-4-2-3-5-6-4/h2*2-3H,1H3. The minimum Gasteiger partial charge on any atom is -0.365 e. The van der Waals surface area contributed by atoms with Gasteiger partial charge in [-0.1, -0.05) is 10.3 Å². The molecular formula is C8H10N2O2. The monoisotopic (exact) mass is 166 g/mol. The van der Waals surface area contributed by atoms with E-state index in [1.807, 2.05) is 13.8 Å². The van der Waals surface area contributed by atoms with Gasteiger partial charge in [0.25, 0.3) is 0 Å². The molecule has 4 heteroatoms. The van der Waals surface area contributed by atoms with E-state index in [0.717, 1.165) is 11.3 Å². The first-order valence-corrected chi connectivity index (χ1v) is 3.52. The second-order valence-corrected chi connectivity index (χ2v) is 2.32. The zero-order chi connectivity index (χ0) is 8.81. The molecule has 2 aromatic heterocycles. The number of aromatic nitrogens is 2. The second-order valence-electron chi connectivity index (χ2n) is 2.32. The Morgan fingerprint density at radius 1 is 1.25 bits per heavy atom. The van der Waals surface area contributed by atoms with Crippen molar-refractivity contribution in [2.45, 2.75) is 13.8 Å². The first-order chi connectivity index (χ1) is 5.79. The number of nitrogens with zero attached hydrogens (tertiary/aromatic N) is 2. The molecule has 0 atom stereocenters. The number of hydrogen-bond acceptors (Lipinski definition) is 4. The van der Waals surface area contributed by atoms with Crippen LogP contribution in [0.25, 0.3) is 0 Å². The lowest BCUT2D eigenvalue weighted by Crippen LogP contribution is -1.50. The minimum absolute atomic E-state index is 0.856. The largest absolute Gasteiger partial charge is 0.365 e. The topological polar surface area (TPSA) is 52.1 Å².